The van der Waals surface area contributed by atoms with Crippen LogP contribution in [-0.2, 0) is 23.7 Å². The van der Waals surface area contributed by atoms with Crippen LogP contribution in [0.5, 0.6) is 0 Å². The maximum absolute atomic E-state index is 13.4. The highest BCUT2D eigenvalue weighted by molar-refractivity contribution is 5.76. The van der Waals surface area contributed by atoms with Crippen LogP contribution >= 0.6 is 0 Å². The van der Waals surface area contributed by atoms with E-state index in [-0.39, 0.29) is 18.9 Å². The van der Waals surface area contributed by atoms with Crippen LogP contribution in [0.3, 0.4) is 0 Å². The second-order valence-corrected chi connectivity index (χ2v) is 27.8. The summed E-state index contributed by atoms with van der Waals surface area (Å²) in [5.41, 5.74) is 0. The first kappa shape index (κ1) is 91.5. The molecule has 14 nitrogen and oxygen atoms in total. The molecule has 99 heavy (non-hydrogen) atoms. The average Bonchev–Trinajstić information content (AvgIpc) is 0.793. The number of nitrogens with one attached hydrogen (secondary N) is 1. The summed E-state index contributed by atoms with van der Waals surface area (Å²) in [6.07, 6.45) is 82.4. The fraction of sp³-hybridized carbons (Fsp3) is 0.753. The largest absolute Gasteiger partial charge is 0.394 e. The molecule has 0 saturated carbocycles. The molecule has 0 radical (unpaired) electrons. The molecule has 2 fully saturated rings. The van der Waals surface area contributed by atoms with Crippen LogP contribution in [0.15, 0.2) is 122 Å². The van der Waals surface area contributed by atoms with Crippen molar-refractivity contribution in [2.45, 2.75) is 389 Å². The lowest BCUT2D eigenvalue weighted by molar-refractivity contribution is -0.359. The summed E-state index contributed by atoms with van der Waals surface area (Å²) in [6, 6.07) is -0.864. The van der Waals surface area contributed by atoms with Crippen molar-refractivity contribution < 1.29 is 64.6 Å². The summed E-state index contributed by atoms with van der Waals surface area (Å²) >= 11 is 0. The predicted octanol–water partition coefficient (Wildman–Crippen LogP) is 18.4. The third-order valence-electron chi connectivity index (χ3n) is 18.9. The van der Waals surface area contributed by atoms with Crippen molar-refractivity contribution >= 4 is 5.91 Å². The summed E-state index contributed by atoms with van der Waals surface area (Å²) in [7, 11) is 0. The highest BCUT2D eigenvalue weighted by atomic mass is 16.7. The molecule has 12 unspecified atom stereocenters. The molecule has 2 aliphatic heterocycles. The minimum absolute atomic E-state index is 0.242. The number of ether oxygens (including phenoxy) is 4. The Morgan fingerprint density at radius 2 is 0.697 bits per heavy atom. The van der Waals surface area contributed by atoms with Crippen LogP contribution in [0.2, 0.25) is 0 Å². The third-order valence-corrected chi connectivity index (χ3v) is 18.9. The van der Waals surface area contributed by atoms with Gasteiger partial charge in [0.1, 0.15) is 48.8 Å². The number of hydrogen-bond acceptors (Lipinski definition) is 13. The summed E-state index contributed by atoms with van der Waals surface area (Å²) in [5.74, 6) is -0.250. The Labute approximate surface area is 603 Å². The van der Waals surface area contributed by atoms with Crippen molar-refractivity contribution in [3.8, 4) is 0 Å². The molecule has 0 spiro atoms. The molecule has 12 atom stereocenters. The molecule has 570 valence electrons. The summed E-state index contributed by atoms with van der Waals surface area (Å²) in [6.45, 7) is 2.75. The summed E-state index contributed by atoms with van der Waals surface area (Å²) < 4.78 is 22.9. The van der Waals surface area contributed by atoms with E-state index in [1.807, 2.05) is 0 Å². The molecule has 0 aromatic rings. The molecule has 2 rings (SSSR count). The molecule has 9 N–H and O–H groups in total. The molecule has 1 amide bonds. The number of aliphatic hydroxyl groups excluding tert-OH is 8. The number of carbonyl (C=O) groups excluding carboxylic acids is 1. The Bertz CT molecular complexity index is 2130. The number of carbonyl (C=O) groups is 1. The van der Waals surface area contributed by atoms with E-state index in [4.69, 9.17) is 18.9 Å². The average molecular weight is 1390 g/mol. The van der Waals surface area contributed by atoms with Gasteiger partial charge in [-0.1, -0.05) is 341 Å². The van der Waals surface area contributed by atoms with Crippen molar-refractivity contribution in [3.05, 3.63) is 122 Å². The highest BCUT2D eigenvalue weighted by Crippen LogP contribution is 2.30. The van der Waals surface area contributed by atoms with E-state index in [2.05, 4.69) is 141 Å². The van der Waals surface area contributed by atoms with E-state index in [9.17, 15) is 45.6 Å². The van der Waals surface area contributed by atoms with Gasteiger partial charge in [0.05, 0.1) is 32.0 Å². The van der Waals surface area contributed by atoms with Gasteiger partial charge in [-0.3, -0.25) is 4.79 Å². The van der Waals surface area contributed by atoms with Gasteiger partial charge in [0.2, 0.25) is 5.91 Å². The molecule has 14 heteroatoms. The molecule has 0 aromatic heterocycles. The van der Waals surface area contributed by atoms with Gasteiger partial charge in [-0.25, -0.2) is 0 Å². The van der Waals surface area contributed by atoms with E-state index in [0.717, 1.165) is 103 Å². The molecule has 0 bridgehead atoms. The number of allylic oxidation sites excluding steroid dienone is 20. The molecule has 0 aromatic carbocycles. The normalized spacial score (nSPS) is 22.6. The topological polar surface area (TPSA) is 228 Å². The van der Waals surface area contributed by atoms with E-state index < -0.39 is 86.8 Å². The second kappa shape index (κ2) is 67.6. The van der Waals surface area contributed by atoms with Crippen LogP contribution in [0.25, 0.3) is 0 Å². The lowest BCUT2D eigenvalue weighted by Gasteiger charge is -2.46. The Morgan fingerprint density at radius 1 is 0.374 bits per heavy atom. The van der Waals surface area contributed by atoms with Crippen LogP contribution in [-0.4, -0.2) is 140 Å². The van der Waals surface area contributed by atoms with Gasteiger partial charge in [0.25, 0.3) is 0 Å². The van der Waals surface area contributed by atoms with Crippen LogP contribution in [0.4, 0.5) is 0 Å². The number of hydrogen-bond donors (Lipinski definition) is 9. The molecule has 0 aliphatic carbocycles. The number of aliphatic hydroxyl groups is 8. The van der Waals surface area contributed by atoms with Crippen molar-refractivity contribution in [1.29, 1.82) is 0 Å². The number of unbranched alkanes of at least 4 members (excludes halogenated alkanes) is 33. The molecule has 2 aliphatic rings. The zero-order valence-corrected chi connectivity index (χ0v) is 62.4. The summed E-state index contributed by atoms with van der Waals surface area (Å²) in [5, 5.41) is 87.8. The Hall–Kier alpha value is -3.61. The highest BCUT2D eigenvalue weighted by Gasteiger charge is 2.51. The Balaban J connectivity index is 1.65. The molecule has 2 heterocycles. The van der Waals surface area contributed by atoms with E-state index >= 15 is 0 Å². The summed E-state index contributed by atoms with van der Waals surface area (Å²) in [4.78, 5) is 13.4. The Kier molecular flexibility index (Phi) is 62.4. The maximum atomic E-state index is 13.4. The molecule has 2 saturated heterocycles. The van der Waals surface area contributed by atoms with Crippen molar-refractivity contribution in [2.75, 3.05) is 19.8 Å². The monoisotopic (exact) mass is 1390 g/mol. The van der Waals surface area contributed by atoms with Gasteiger partial charge in [0.15, 0.2) is 12.6 Å². The van der Waals surface area contributed by atoms with Crippen LogP contribution in [0, 0.1) is 0 Å². The Morgan fingerprint density at radius 3 is 1.05 bits per heavy atom. The van der Waals surface area contributed by atoms with E-state index in [1.54, 1.807) is 0 Å². The first-order chi connectivity index (χ1) is 48.6. The standard InChI is InChI=1S/C85H147NO13/c1-3-5-7-9-11-13-15-17-19-21-23-25-27-29-31-33-35-37-39-41-43-45-47-49-51-53-55-57-59-61-63-65-67-69-77(90)86-73(72-96-84-82(95)80(93)83(76(71-88)98-84)99-85-81(94)79(92)78(91)75(70-87)97-85)74(89)68-66-64-62-60-58-56-54-52-50-48-46-44-42-40-38-36-34-32-30-28-26-24-22-20-18-16-14-12-10-8-6-4-2/h5,7,11,13,17,19,23,25,29,31,35,37,41,43,47,49,53,55,59,61,73-76,78-85,87-89,91-95H,3-4,6,8-10,12,14-16,18,20-22,24,26-28,30,32-34,36,38-40,42,44-46,48,50-52,54,56-58,60,62-72H2,1-2H3,(H,86,90)/b7-5-,13-11-,19-17-,25-23-,31-29-,37-35-,43-41-,49-47-,55-53-,61-59-. The lowest BCUT2D eigenvalue weighted by atomic mass is 9.97. The number of amides is 1. The third kappa shape index (κ3) is 50.4. The quantitative estimate of drug-likeness (QED) is 0.0204. The van der Waals surface area contributed by atoms with Crippen molar-refractivity contribution in [3.63, 3.8) is 0 Å². The molecular weight excluding hydrogens is 1240 g/mol. The smallest absolute Gasteiger partial charge is 0.220 e. The van der Waals surface area contributed by atoms with E-state index in [1.165, 1.54) is 180 Å². The zero-order chi connectivity index (χ0) is 71.5. The minimum atomic E-state index is -1.79. The predicted molar refractivity (Wildman–Crippen MR) is 410 cm³/mol. The van der Waals surface area contributed by atoms with Gasteiger partial charge in [0, 0.05) is 6.42 Å². The van der Waals surface area contributed by atoms with Crippen molar-refractivity contribution in [2.24, 2.45) is 0 Å². The van der Waals surface area contributed by atoms with Gasteiger partial charge in [-0.15, -0.1) is 0 Å². The van der Waals surface area contributed by atoms with Gasteiger partial charge < -0.3 is 65.1 Å². The van der Waals surface area contributed by atoms with Gasteiger partial charge >= 0.3 is 0 Å². The fourth-order valence-electron chi connectivity index (χ4n) is 12.6. The minimum Gasteiger partial charge on any atom is -0.394 e. The number of rotatable bonds is 66. The SMILES string of the molecule is CC/C=C\C/C=C\C/C=C\C/C=C\C/C=C\C/C=C\C/C=C\C/C=C\C/C=C\C/C=C\CCCCC(=O)NC(COC1OC(CO)C(OC2OC(CO)C(O)C(O)C2O)C(O)C1O)C(O)CCCCCCCCCCCCCCCCCCCCCCCCCCCCCCCCCC. The molecular formula is C85H147NO13. The zero-order valence-electron chi connectivity index (χ0n) is 62.4. The van der Waals surface area contributed by atoms with Crippen LogP contribution < -0.4 is 5.32 Å². The van der Waals surface area contributed by atoms with Gasteiger partial charge in [-0.2, -0.15) is 0 Å². The van der Waals surface area contributed by atoms with Crippen LogP contribution in [0.1, 0.15) is 316 Å². The fourth-order valence-corrected chi connectivity index (χ4v) is 12.6. The van der Waals surface area contributed by atoms with E-state index in [0.29, 0.717) is 12.8 Å². The maximum Gasteiger partial charge on any atom is 0.220 e. The van der Waals surface area contributed by atoms with Gasteiger partial charge in [-0.05, 0) is 89.9 Å². The first-order valence-corrected chi connectivity index (χ1v) is 40.3. The lowest BCUT2D eigenvalue weighted by Crippen LogP contribution is -2.65. The first-order valence-electron chi connectivity index (χ1n) is 40.3. The van der Waals surface area contributed by atoms with Crippen molar-refractivity contribution in [1.82, 2.24) is 5.32 Å². The second-order valence-electron chi connectivity index (χ2n) is 27.8.